The zero-order valence-electron chi connectivity index (χ0n) is 19.1. The molecule has 0 bridgehead atoms. The molecule has 6 nitrogen and oxygen atoms in total. The van der Waals surface area contributed by atoms with Crippen LogP contribution >= 0.6 is 0 Å². The fraction of sp³-hybridized carbons (Fsp3) is 0.296. The van der Waals surface area contributed by atoms with Crippen LogP contribution in [-0.4, -0.2) is 40.3 Å². The van der Waals surface area contributed by atoms with Gasteiger partial charge in [-0.25, -0.2) is 4.98 Å². The van der Waals surface area contributed by atoms with E-state index in [2.05, 4.69) is 60.4 Å². The lowest BCUT2D eigenvalue weighted by Gasteiger charge is -2.32. The van der Waals surface area contributed by atoms with E-state index in [1.54, 1.807) is 0 Å². The highest BCUT2D eigenvalue weighted by molar-refractivity contribution is 5.74. The van der Waals surface area contributed by atoms with Gasteiger partial charge in [0.2, 0.25) is 0 Å². The number of esters is 1. The molecule has 5 rings (SSSR count). The van der Waals surface area contributed by atoms with Crippen LogP contribution in [0.25, 0.3) is 28.2 Å². The Balaban J connectivity index is 1.55. The van der Waals surface area contributed by atoms with E-state index in [9.17, 15) is 4.79 Å². The lowest BCUT2D eigenvalue weighted by molar-refractivity contribution is -0.148. The van der Waals surface area contributed by atoms with Crippen molar-refractivity contribution in [1.82, 2.24) is 14.6 Å². The van der Waals surface area contributed by atoms with Crippen molar-refractivity contribution in [2.75, 3.05) is 24.6 Å². The van der Waals surface area contributed by atoms with Gasteiger partial charge in [0.25, 0.3) is 0 Å². The number of hydrogen-bond acceptors (Lipinski definition) is 5. The van der Waals surface area contributed by atoms with Crippen LogP contribution in [0.5, 0.6) is 0 Å². The van der Waals surface area contributed by atoms with Crippen molar-refractivity contribution in [3.8, 4) is 22.5 Å². The van der Waals surface area contributed by atoms with E-state index in [4.69, 9.17) is 14.8 Å². The van der Waals surface area contributed by atoms with E-state index in [-0.39, 0.29) is 11.9 Å². The monoisotopic (exact) mass is 440 g/mol. The Kier molecular flexibility index (Phi) is 5.82. The highest BCUT2D eigenvalue weighted by Gasteiger charge is 2.28. The number of nitrogens with zero attached hydrogens (tertiary/aromatic N) is 4. The van der Waals surface area contributed by atoms with E-state index in [1.165, 1.54) is 5.56 Å². The van der Waals surface area contributed by atoms with Gasteiger partial charge >= 0.3 is 5.97 Å². The highest BCUT2D eigenvalue weighted by atomic mass is 16.5. The first-order chi connectivity index (χ1) is 16.1. The van der Waals surface area contributed by atoms with Gasteiger partial charge < -0.3 is 9.64 Å². The maximum Gasteiger partial charge on any atom is 0.309 e. The van der Waals surface area contributed by atoms with Gasteiger partial charge in [-0.15, -0.1) is 0 Å². The van der Waals surface area contributed by atoms with E-state index in [1.807, 2.05) is 29.6 Å². The Hall–Kier alpha value is -3.67. The summed E-state index contributed by atoms with van der Waals surface area (Å²) in [4.78, 5) is 19.5. The Labute approximate surface area is 193 Å². The number of piperidine rings is 1. The third kappa shape index (κ3) is 4.33. The first-order valence-electron chi connectivity index (χ1n) is 11.6. The van der Waals surface area contributed by atoms with Crippen LogP contribution in [0.2, 0.25) is 0 Å². The number of ether oxygens (including phenoxy) is 1. The fourth-order valence-corrected chi connectivity index (χ4v) is 4.49. The van der Waals surface area contributed by atoms with Crippen LogP contribution in [0.3, 0.4) is 0 Å². The van der Waals surface area contributed by atoms with Gasteiger partial charge in [0, 0.05) is 36.3 Å². The number of carbonyl (C=O) groups is 1. The summed E-state index contributed by atoms with van der Waals surface area (Å²) < 4.78 is 7.19. The first-order valence-corrected chi connectivity index (χ1v) is 11.6. The molecule has 0 radical (unpaired) electrons. The normalized spacial score (nSPS) is 14.5. The first kappa shape index (κ1) is 21.2. The zero-order chi connectivity index (χ0) is 22.8. The molecule has 6 heteroatoms. The molecule has 33 heavy (non-hydrogen) atoms. The molecule has 1 aliphatic heterocycles. The number of aryl methyl sites for hydroxylation is 1. The zero-order valence-corrected chi connectivity index (χ0v) is 19.1. The summed E-state index contributed by atoms with van der Waals surface area (Å²) in [5.74, 6) is 0.885. The lowest BCUT2D eigenvalue weighted by atomic mass is 9.97. The van der Waals surface area contributed by atoms with E-state index >= 15 is 0 Å². The maximum absolute atomic E-state index is 12.2. The third-order valence-electron chi connectivity index (χ3n) is 6.23. The predicted molar refractivity (Wildman–Crippen MR) is 130 cm³/mol. The Morgan fingerprint density at radius 3 is 2.45 bits per heavy atom. The van der Waals surface area contributed by atoms with E-state index < -0.39 is 0 Å². The van der Waals surface area contributed by atoms with Crippen LogP contribution < -0.4 is 4.90 Å². The van der Waals surface area contributed by atoms with Gasteiger partial charge in [-0.05, 0) is 32.8 Å². The van der Waals surface area contributed by atoms with Gasteiger partial charge in [0.05, 0.1) is 23.9 Å². The molecule has 3 heterocycles. The van der Waals surface area contributed by atoms with Gasteiger partial charge in [0.1, 0.15) is 5.82 Å². The minimum atomic E-state index is -0.0807. The molecule has 0 amide bonds. The van der Waals surface area contributed by atoms with Crippen molar-refractivity contribution in [3.63, 3.8) is 0 Å². The molecule has 168 valence electrons. The minimum absolute atomic E-state index is 0.0346. The van der Waals surface area contributed by atoms with Crippen LogP contribution in [0, 0.1) is 12.8 Å². The Morgan fingerprint density at radius 2 is 1.73 bits per heavy atom. The summed E-state index contributed by atoms with van der Waals surface area (Å²) in [7, 11) is 0. The number of fused-ring (bicyclic) bond motifs is 1. The van der Waals surface area contributed by atoms with Crippen molar-refractivity contribution in [3.05, 3.63) is 72.3 Å². The van der Waals surface area contributed by atoms with Crippen LogP contribution in [0.4, 0.5) is 5.82 Å². The van der Waals surface area contributed by atoms with E-state index in [0.29, 0.717) is 6.61 Å². The molecule has 0 N–H and O–H groups in total. The topological polar surface area (TPSA) is 59.7 Å². The molecule has 4 aromatic rings. The smallest absolute Gasteiger partial charge is 0.309 e. The third-order valence-corrected chi connectivity index (χ3v) is 6.23. The number of anilines is 1. The molecule has 1 aliphatic rings. The molecule has 2 aromatic heterocycles. The van der Waals surface area contributed by atoms with Crippen LogP contribution in [-0.2, 0) is 9.53 Å². The lowest BCUT2D eigenvalue weighted by Crippen LogP contribution is -2.38. The molecule has 2 aromatic carbocycles. The second kappa shape index (κ2) is 9.06. The van der Waals surface area contributed by atoms with Gasteiger partial charge in [0.15, 0.2) is 5.65 Å². The summed E-state index contributed by atoms with van der Waals surface area (Å²) in [5, 5.41) is 4.94. The minimum Gasteiger partial charge on any atom is -0.466 e. The van der Waals surface area contributed by atoms with Crippen molar-refractivity contribution >= 4 is 17.4 Å². The molecule has 0 saturated carbocycles. The SMILES string of the molecule is CCOC(=O)C1CCN(c2cc(-c3ccccc3)nc3cc(-c4cccc(C)c4)nn23)CC1. The van der Waals surface area contributed by atoms with Gasteiger partial charge in [-0.3, -0.25) is 4.79 Å². The predicted octanol–water partition coefficient (Wildman–Crippen LogP) is 5.15. The maximum atomic E-state index is 12.2. The molecular formula is C27H28N4O2. The van der Waals surface area contributed by atoms with Crippen molar-refractivity contribution in [2.24, 2.45) is 5.92 Å². The largest absolute Gasteiger partial charge is 0.466 e. The molecule has 0 spiro atoms. The van der Waals surface area contributed by atoms with Gasteiger partial charge in [-0.1, -0.05) is 54.1 Å². The number of rotatable bonds is 5. The highest BCUT2D eigenvalue weighted by Crippen LogP contribution is 2.30. The van der Waals surface area contributed by atoms with Crippen molar-refractivity contribution in [1.29, 1.82) is 0 Å². The summed E-state index contributed by atoms with van der Waals surface area (Å²) in [6, 6.07) is 22.7. The standard InChI is InChI=1S/C27H28N4O2/c1-3-33-27(32)21-12-14-30(15-13-21)26-18-23(20-9-5-4-6-10-20)28-25-17-24(29-31(25)26)22-11-7-8-19(2)16-22/h4-11,16-18,21H,3,12-15H2,1-2H3. The average Bonchev–Trinajstić information content (AvgIpc) is 3.29. The number of aromatic nitrogens is 3. The van der Waals surface area contributed by atoms with E-state index in [0.717, 1.165) is 59.9 Å². The van der Waals surface area contributed by atoms with Crippen LogP contribution in [0.1, 0.15) is 25.3 Å². The molecule has 1 fully saturated rings. The van der Waals surface area contributed by atoms with Gasteiger partial charge in [-0.2, -0.15) is 9.61 Å². The summed E-state index contributed by atoms with van der Waals surface area (Å²) in [6.07, 6.45) is 1.55. The molecule has 0 atom stereocenters. The quantitative estimate of drug-likeness (QED) is 0.402. The molecule has 0 unspecified atom stereocenters. The second-order valence-corrected chi connectivity index (χ2v) is 8.55. The number of benzene rings is 2. The molecule has 0 aliphatic carbocycles. The molecular weight excluding hydrogens is 412 g/mol. The number of hydrogen-bond donors (Lipinski definition) is 0. The summed E-state index contributed by atoms with van der Waals surface area (Å²) in [5.41, 5.74) is 5.98. The van der Waals surface area contributed by atoms with Crippen molar-refractivity contribution < 1.29 is 9.53 Å². The average molecular weight is 441 g/mol. The summed E-state index contributed by atoms with van der Waals surface area (Å²) in [6.45, 7) is 5.92. The van der Waals surface area contributed by atoms with Crippen molar-refractivity contribution in [2.45, 2.75) is 26.7 Å². The fourth-order valence-electron chi connectivity index (χ4n) is 4.49. The molecule has 1 saturated heterocycles. The Bertz CT molecular complexity index is 1270. The number of carbonyl (C=O) groups excluding carboxylic acids is 1. The second-order valence-electron chi connectivity index (χ2n) is 8.55. The van der Waals surface area contributed by atoms with Crippen LogP contribution in [0.15, 0.2) is 66.7 Å². The summed E-state index contributed by atoms with van der Waals surface area (Å²) >= 11 is 0. The Morgan fingerprint density at radius 1 is 0.970 bits per heavy atom.